The van der Waals surface area contributed by atoms with Gasteiger partial charge in [-0.25, -0.2) is 0 Å². The Bertz CT molecular complexity index is 457. The molecule has 0 fully saturated rings. The second kappa shape index (κ2) is 10.4. The van der Waals surface area contributed by atoms with Gasteiger partial charge < -0.3 is 15.2 Å². The monoisotopic (exact) mass is 451 g/mol. The van der Waals surface area contributed by atoms with Crippen molar-refractivity contribution in [3.05, 3.63) is 66.6 Å². The van der Waals surface area contributed by atoms with Crippen LogP contribution in [0.15, 0.2) is 60.5 Å². The number of benzene rings is 1. The summed E-state index contributed by atoms with van der Waals surface area (Å²) in [6.45, 7) is 3.10. The van der Waals surface area contributed by atoms with Crippen LogP contribution in [-0.2, 0) is 21.1 Å². The predicted molar refractivity (Wildman–Crippen MR) is 76.6 cm³/mol. The molecule has 0 aliphatic heterocycles. The minimum Gasteiger partial charge on any atom is -0.513 e. The van der Waals surface area contributed by atoms with Crippen LogP contribution in [0, 0.1) is 6.07 Å². The van der Waals surface area contributed by atoms with Crippen molar-refractivity contribution < 1.29 is 31.3 Å². The first kappa shape index (κ1) is 18.6. The molecule has 1 aromatic carbocycles. The van der Waals surface area contributed by atoms with Crippen LogP contribution in [0.2, 0.25) is 0 Å². The molecule has 20 heavy (non-hydrogen) atoms. The van der Waals surface area contributed by atoms with Gasteiger partial charge in [0.15, 0.2) is 0 Å². The molecule has 0 radical (unpaired) electrons. The Balaban J connectivity index is 0.000000396. The summed E-state index contributed by atoms with van der Waals surface area (Å²) in [5.41, 5.74) is 2.01. The first-order valence-electron chi connectivity index (χ1n) is 6.03. The number of aliphatic hydroxyl groups excluding tert-OH is 2. The van der Waals surface area contributed by atoms with E-state index < -0.39 is 6.10 Å². The van der Waals surface area contributed by atoms with Crippen LogP contribution < -0.4 is 0 Å². The van der Waals surface area contributed by atoms with Crippen LogP contribution in [0.5, 0.6) is 0 Å². The minimum atomic E-state index is -0.537. The second-order valence-electron chi connectivity index (χ2n) is 4.04. The zero-order valence-corrected chi connectivity index (χ0v) is 13.7. The number of hydrogen-bond acceptors (Lipinski definition) is 3. The smallest absolute Gasteiger partial charge is 0.0877 e. The van der Waals surface area contributed by atoms with E-state index in [9.17, 15) is 0 Å². The van der Waals surface area contributed by atoms with Gasteiger partial charge in [0, 0.05) is 27.3 Å². The van der Waals surface area contributed by atoms with E-state index in [1.165, 1.54) is 13.0 Å². The summed E-state index contributed by atoms with van der Waals surface area (Å²) >= 11 is 0. The van der Waals surface area contributed by atoms with Crippen LogP contribution in [0.3, 0.4) is 0 Å². The van der Waals surface area contributed by atoms with Crippen molar-refractivity contribution in [3.8, 4) is 11.3 Å². The van der Waals surface area contributed by atoms with Gasteiger partial charge in [0.05, 0.1) is 11.9 Å². The second-order valence-corrected chi connectivity index (χ2v) is 4.04. The Hall–Kier alpha value is -1.44. The van der Waals surface area contributed by atoms with Crippen LogP contribution >= 0.6 is 0 Å². The third-order valence-electron chi connectivity index (χ3n) is 2.13. The molecule has 0 amide bonds. The van der Waals surface area contributed by atoms with E-state index in [1.54, 1.807) is 13.1 Å². The Labute approximate surface area is 134 Å². The third kappa shape index (κ3) is 7.88. The molecule has 2 rings (SSSR count). The summed E-state index contributed by atoms with van der Waals surface area (Å²) in [5.74, 6) is 0.162. The minimum absolute atomic E-state index is 0. The topological polar surface area (TPSA) is 53.4 Å². The maximum Gasteiger partial charge on any atom is 0.0877 e. The van der Waals surface area contributed by atoms with Crippen molar-refractivity contribution in [2.45, 2.75) is 20.0 Å². The van der Waals surface area contributed by atoms with Crippen LogP contribution in [-0.4, -0.2) is 21.3 Å². The average Bonchev–Trinajstić information content (AvgIpc) is 2.40. The molecule has 0 aliphatic rings. The van der Waals surface area contributed by atoms with Gasteiger partial charge in [0.1, 0.15) is 0 Å². The van der Waals surface area contributed by atoms with E-state index in [0.717, 1.165) is 11.3 Å². The van der Waals surface area contributed by atoms with Crippen LogP contribution in [0.1, 0.15) is 13.8 Å². The summed E-state index contributed by atoms with van der Waals surface area (Å²) in [6.07, 6.45) is 2.61. The molecule has 0 aliphatic carbocycles. The van der Waals surface area contributed by atoms with E-state index in [1.807, 2.05) is 42.5 Å². The van der Waals surface area contributed by atoms with E-state index in [-0.39, 0.29) is 26.8 Å². The predicted octanol–water partition coefficient (Wildman–Crippen LogP) is 3.38. The van der Waals surface area contributed by atoms with Gasteiger partial charge in [-0.1, -0.05) is 12.1 Å². The average molecular weight is 451 g/mol. The van der Waals surface area contributed by atoms with Gasteiger partial charge in [-0.05, 0) is 31.7 Å². The molecule has 110 valence electrons. The van der Waals surface area contributed by atoms with Crippen LogP contribution in [0.25, 0.3) is 11.3 Å². The Morgan fingerprint density at radius 2 is 1.95 bits per heavy atom. The molecule has 0 saturated heterocycles. The fraction of sp³-hybridized carbons (Fsp3) is 0.188. The van der Waals surface area contributed by atoms with Crippen molar-refractivity contribution in [2.24, 2.45) is 0 Å². The van der Waals surface area contributed by atoms with Gasteiger partial charge in [0.2, 0.25) is 0 Å². The summed E-state index contributed by atoms with van der Waals surface area (Å²) in [4.78, 5) is 4.22. The number of rotatable bonds is 2. The molecule has 2 N–H and O–H groups in total. The maximum atomic E-state index is 8.49. The third-order valence-corrected chi connectivity index (χ3v) is 2.13. The quantitative estimate of drug-likeness (QED) is 0.544. The Morgan fingerprint density at radius 3 is 2.35 bits per heavy atom. The van der Waals surface area contributed by atoms with Crippen molar-refractivity contribution in [1.29, 1.82) is 0 Å². The molecule has 0 bridgehead atoms. The van der Waals surface area contributed by atoms with E-state index in [4.69, 9.17) is 10.2 Å². The van der Waals surface area contributed by atoms with Gasteiger partial charge in [-0.15, -0.1) is 35.9 Å². The first-order chi connectivity index (χ1) is 9.09. The molecule has 1 unspecified atom stereocenters. The molecule has 1 aromatic heterocycles. The van der Waals surface area contributed by atoms with Gasteiger partial charge in [-0.2, -0.15) is 0 Å². The van der Waals surface area contributed by atoms with E-state index >= 15 is 0 Å². The summed E-state index contributed by atoms with van der Waals surface area (Å²) in [7, 11) is 0. The van der Waals surface area contributed by atoms with Crippen LogP contribution in [0.4, 0.5) is 0 Å². The van der Waals surface area contributed by atoms with Gasteiger partial charge in [0.25, 0.3) is 0 Å². The van der Waals surface area contributed by atoms with Crippen molar-refractivity contribution in [3.63, 3.8) is 0 Å². The number of nitrogens with zero attached hydrogens (tertiary/aromatic N) is 1. The normalized spacial score (nSPS) is 11.7. The molecule has 0 saturated carbocycles. The van der Waals surface area contributed by atoms with Gasteiger partial charge in [-0.3, -0.25) is 0 Å². The molecule has 2 aromatic rings. The van der Waals surface area contributed by atoms with Crippen molar-refractivity contribution in [1.82, 2.24) is 4.98 Å². The van der Waals surface area contributed by atoms with Gasteiger partial charge >= 0.3 is 0 Å². The zero-order chi connectivity index (χ0) is 14.1. The largest absolute Gasteiger partial charge is 0.513 e. The number of hydrogen-bond donors (Lipinski definition) is 2. The molecular weight excluding hydrogens is 433 g/mol. The molecular formula is C16H18NO2Pt-. The summed E-state index contributed by atoms with van der Waals surface area (Å²) in [6, 6.07) is 16.8. The fourth-order valence-electron chi connectivity index (χ4n) is 1.42. The zero-order valence-electron chi connectivity index (χ0n) is 11.4. The van der Waals surface area contributed by atoms with E-state index in [2.05, 4.69) is 11.1 Å². The number of aromatic nitrogens is 1. The molecule has 0 spiro atoms. The fourth-order valence-corrected chi connectivity index (χ4v) is 1.42. The summed E-state index contributed by atoms with van der Waals surface area (Å²) in [5, 5.41) is 16.9. The summed E-state index contributed by atoms with van der Waals surface area (Å²) < 4.78 is 0. The maximum absolute atomic E-state index is 8.49. The molecule has 1 atom stereocenters. The Kier molecular flexibility index (Phi) is 9.61. The van der Waals surface area contributed by atoms with Crippen molar-refractivity contribution in [2.75, 3.05) is 0 Å². The van der Waals surface area contributed by atoms with Crippen molar-refractivity contribution >= 4 is 0 Å². The molecule has 4 heteroatoms. The Morgan fingerprint density at radius 1 is 1.25 bits per heavy atom. The van der Waals surface area contributed by atoms with E-state index in [0.29, 0.717) is 0 Å². The SMILES string of the molecule is CC(O)=CC(C)O.[Pt].[c-]1ccccc1-c1ccccn1. The standard InChI is InChI=1S/C11H8N.C5H10O2.Pt/c1-2-6-10(7-3-1)11-8-4-5-9-12-11;1-4(6)3-5(2)7;/h1-6,8-9H;3-4,6-7H,1-2H3;/q-1;;. The first-order valence-corrected chi connectivity index (χ1v) is 6.03. The number of aliphatic hydroxyl groups is 2. The molecule has 1 heterocycles. The number of pyridine rings is 1. The number of allylic oxidation sites excluding steroid dienone is 1. The molecule has 3 nitrogen and oxygen atoms in total.